The molecule has 0 spiro atoms. The lowest BCUT2D eigenvalue weighted by atomic mass is 10.2. The molecular formula is C19H20ClNO4. The Bertz CT molecular complexity index is 713. The second-order valence-electron chi connectivity index (χ2n) is 5.48. The minimum atomic E-state index is -0.418. The predicted molar refractivity (Wildman–Crippen MR) is 97.2 cm³/mol. The van der Waals surface area contributed by atoms with E-state index in [1.165, 1.54) is 0 Å². The van der Waals surface area contributed by atoms with Gasteiger partial charge in [-0.15, -0.1) is 0 Å². The highest BCUT2D eigenvalue weighted by atomic mass is 35.5. The van der Waals surface area contributed by atoms with Crippen molar-refractivity contribution in [2.45, 2.75) is 26.4 Å². The van der Waals surface area contributed by atoms with E-state index in [9.17, 15) is 9.59 Å². The molecule has 0 aliphatic carbocycles. The molecular weight excluding hydrogens is 342 g/mol. The first kappa shape index (κ1) is 18.8. The standard InChI is InChI=1S/C19H20ClNO4/c1-3-13(2)25-18(22)12-24-17-10-4-14(5-11-17)19(23)21-16-8-6-15(20)7-9-16/h4-11,13H,3,12H2,1-2H3,(H,21,23)/t13-/m0/s1. The van der Waals surface area contributed by atoms with Crippen molar-refractivity contribution in [2.75, 3.05) is 11.9 Å². The molecule has 0 fully saturated rings. The molecule has 2 aromatic rings. The minimum Gasteiger partial charge on any atom is -0.482 e. The van der Waals surface area contributed by atoms with Crippen LogP contribution in [0.25, 0.3) is 0 Å². The summed E-state index contributed by atoms with van der Waals surface area (Å²) >= 11 is 5.81. The number of esters is 1. The topological polar surface area (TPSA) is 64.6 Å². The van der Waals surface area contributed by atoms with Crippen molar-refractivity contribution in [1.82, 2.24) is 0 Å². The van der Waals surface area contributed by atoms with E-state index in [1.807, 2.05) is 13.8 Å². The van der Waals surface area contributed by atoms with Gasteiger partial charge in [0.1, 0.15) is 5.75 Å². The highest BCUT2D eigenvalue weighted by molar-refractivity contribution is 6.30. The lowest BCUT2D eigenvalue weighted by molar-refractivity contribution is -0.150. The Morgan fingerprint density at radius 1 is 1.08 bits per heavy atom. The number of anilines is 1. The quantitative estimate of drug-likeness (QED) is 0.746. The van der Waals surface area contributed by atoms with Gasteiger partial charge in [0.15, 0.2) is 6.61 Å². The van der Waals surface area contributed by atoms with Crippen molar-refractivity contribution in [3.8, 4) is 5.75 Å². The Hall–Kier alpha value is -2.53. The molecule has 0 aromatic heterocycles. The molecule has 0 aliphatic heterocycles. The zero-order chi connectivity index (χ0) is 18.2. The fourth-order valence-corrected chi connectivity index (χ4v) is 2.05. The van der Waals surface area contributed by atoms with Gasteiger partial charge in [0.25, 0.3) is 5.91 Å². The summed E-state index contributed by atoms with van der Waals surface area (Å²) < 4.78 is 10.5. The highest BCUT2D eigenvalue weighted by Crippen LogP contribution is 2.16. The Morgan fingerprint density at radius 2 is 1.72 bits per heavy atom. The summed E-state index contributed by atoms with van der Waals surface area (Å²) in [5.74, 6) is -0.173. The maximum atomic E-state index is 12.2. The van der Waals surface area contributed by atoms with Gasteiger partial charge in [-0.3, -0.25) is 4.79 Å². The van der Waals surface area contributed by atoms with Crippen LogP contribution in [0.15, 0.2) is 48.5 Å². The van der Waals surface area contributed by atoms with E-state index in [-0.39, 0.29) is 18.6 Å². The minimum absolute atomic E-state index is 0.130. The molecule has 1 N–H and O–H groups in total. The van der Waals surface area contributed by atoms with Gasteiger partial charge in [-0.1, -0.05) is 18.5 Å². The molecule has 132 valence electrons. The maximum Gasteiger partial charge on any atom is 0.344 e. The van der Waals surface area contributed by atoms with Crippen LogP contribution in [0.5, 0.6) is 5.75 Å². The Labute approximate surface area is 151 Å². The third-order valence-corrected chi connectivity index (χ3v) is 3.73. The molecule has 6 heteroatoms. The second-order valence-corrected chi connectivity index (χ2v) is 5.92. The molecule has 2 aromatic carbocycles. The number of halogens is 1. The summed E-state index contributed by atoms with van der Waals surface area (Å²) in [6, 6.07) is 13.4. The molecule has 25 heavy (non-hydrogen) atoms. The van der Waals surface area contributed by atoms with Crippen LogP contribution in [0.3, 0.4) is 0 Å². The van der Waals surface area contributed by atoms with E-state index in [0.717, 1.165) is 6.42 Å². The number of carbonyl (C=O) groups is 2. The van der Waals surface area contributed by atoms with Gasteiger partial charge in [-0.2, -0.15) is 0 Å². The van der Waals surface area contributed by atoms with Crippen LogP contribution in [-0.2, 0) is 9.53 Å². The molecule has 0 radical (unpaired) electrons. The molecule has 0 bridgehead atoms. The zero-order valence-electron chi connectivity index (χ0n) is 14.1. The summed E-state index contributed by atoms with van der Waals surface area (Å²) in [5, 5.41) is 3.37. The van der Waals surface area contributed by atoms with Crippen LogP contribution >= 0.6 is 11.6 Å². The van der Waals surface area contributed by atoms with Crippen molar-refractivity contribution in [3.05, 3.63) is 59.1 Å². The van der Waals surface area contributed by atoms with E-state index in [2.05, 4.69) is 5.32 Å². The van der Waals surface area contributed by atoms with Gasteiger partial charge in [-0.25, -0.2) is 4.79 Å². The van der Waals surface area contributed by atoms with Crippen LogP contribution in [-0.4, -0.2) is 24.6 Å². The predicted octanol–water partition coefficient (Wildman–Crippen LogP) is 4.31. The Kier molecular flexibility index (Phi) is 6.83. The Morgan fingerprint density at radius 3 is 2.32 bits per heavy atom. The van der Waals surface area contributed by atoms with Gasteiger partial charge in [0.05, 0.1) is 6.10 Å². The number of ether oxygens (including phenoxy) is 2. The van der Waals surface area contributed by atoms with Gasteiger partial charge >= 0.3 is 5.97 Å². The zero-order valence-corrected chi connectivity index (χ0v) is 14.9. The number of benzene rings is 2. The summed E-state index contributed by atoms with van der Waals surface area (Å²) in [6.45, 7) is 3.60. The molecule has 1 atom stereocenters. The fourth-order valence-electron chi connectivity index (χ4n) is 1.92. The smallest absolute Gasteiger partial charge is 0.344 e. The molecule has 0 saturated heterocycles. The van der Waals surface area contributed by atoms with Crippen LogP contribution in [0.4, 0.5) is 5.69 Å². The number of carbonyl (C=O) groups excluding carboxylic acids is 2. The van der Waals surface area contributed by atoms with E-state index in [1.54, 1.807) is 48.5 Å². The first-order valence-corrected chi connectivity index (χ1v) is 8.35. The number of hydrogen-bond donors (Lipinski definition) is 1. The number of rotatable bonds is 7. The first-order valence-electron chi connectivity index (χ1n) is 7.97. The average molecular weight is 362 g/mol. The third-order valence-electron chi connectivity index (χ3n) is 3.48. The fraction of sp³-hybridized carbons (Fsp3) is 0.263. The van der Waals surface area contributed by atoms with E-state index < -0.39 is 5.97 Å². The number of hydrogen-bond acceptors (Lipinski definition) is 4. The van der Waals surface area contributed by atoms with Crippen LogP contribution in [0.2, 0.25) is 5.02 Å². The van der Waals surface area contributed by atoms with Crippen LogP contribution in [0.1, 0.15) is 30.6 Å². The lowest BCUT2D eigenvalue weighted by Gasteiger charge is -2.11. The lowest BCUT2D eigenvalue weighted by Crippen LogP contribution is -2.20. The van der Waals surface area contributed by atoms with Gasteiger partial charge in [0, 0.05) is 16.3 Å². The molecule has 2 rings (SSSR count). The Balaban J connectivity index is 1.87. The normalized spacial score (nSPS) is 11.5. The second kappa shape index (κ2) is 9.08. The van der Waals surface area contributed by atoms with Crippen LogP contribution < -0.4 is 10.1 Å². The molecule has 0 aliphatic rings. The van der Waals surface area contributed by atoms with Crippen molar-refractivity contribution < 1.29 is 19.1 Å². The summed E-state index contributed by atoms with van der Waals surface area (Å²) in [6.07, 6.45) is 0.624. The largest absolute Gasteiger partial charge is 0.482 e. The van der Waals surface area contributed by atoms with Crippen molar-refractivity contribution in [1.29, 1.82) is 0 Å². The molecule has 5 nitrogen and oxygen atoms in total. The van der Waals surface area contributed by atoms with Crippen molar-refractivity contribution in [3.63, 3.8) is 0 Å². The van der Waals surface area contributed by atoms with Crippen LogP contribution in [0, 0.1) is 0 Å². The van der Waals surface area contributed by atoms with Crippen molar-refractivity contribution >= 4 is 29.2 Å². The van der Waals surface area contributed by atoms with E-state index in [4.69, 9.17) is 21.1 Å². The SMILES string of the molecule is CC[C@H](C)OC(=O)COc1ccc(C(=O)Nc2ccc(Cl)cc2)cc1. The van der Waals surface area contributed by atoms with Crippen molar-refractivity contribution in [2.24, 2.45) is 0 Å². The molecule has 0 unspecified atom stereocenters. The average Bonchev–Trinajstić information content (AvgIpc) is 2.62. The molecule has 1 amide bonds. The van der Waals surface area contributed by atoms with Gasteiger partial charge in [-0.05, 0) is 61.9 Å². The third kappa shape index (κ3) is 6.12. The van der Waals surface area contributed by atoms with Gasteiger partial charge in [0.2, 0.25) is 0 Å². The maximum absolute atomic E-state index is 12.2. The van der Waals surface area contributed by atoms with E-state index in [0.29, 0.717) is 22.0 Å². The summed E-state index contributed by atoms with van der Waals surface area (Å²) in [4.78, 5) is 23.7. The first-order chi connectivity index (χ1) is 12.0. The number of amides is 1. The van der Waals surface area contributed by atoms with Gasteiger partial charge < -0.3 is 14.8 Å². The molecule has 0 heterocycles. The summed E-state index contributed by atoms with van der Waals surface area (Å²) in [7, 11) is 0. The summed E-state index contributed by atoms with van der Waals surface area (Å²) in [5.41, 5.74) is 1.13. The highest BCUT2D eigenvalue weighted by Gasteiger charge is 2.10. The van der Waals surface area contributed by atoms with E-state index >= 15 is 0 Å². The monoisotopic (exact) mass is 361 g/mol. The number of nitrogens with one attached hydrogen (secondary N) is 1. The molecule has 0 saturated carbocycles.